The van der Waals surface area contributed by atoms with Crippen LogP contribution in [-0.2, 0) is 11.3 Å². The second-order valence-corrected chi connectivity index (χ2v) is 7.03. The lowest BCUT2D eigenvalue weighted by Gasteiger charge is -2.34. The maximum Gasteiger partial charge on any atom is 0.276 e. The van der Waals surface area contributed by atoms with Gasteiger partial charge in [0.15, 0.2) is 0 Å². The Morgan fingerprint density at radius 3 is 2.43 bits per heavy atom. The summed E-state index contributed by atoms with van der Waals surface area (Å²) in [7, 11) is 0. The second-order valence-electron chi connectivity index (χ2n) is 7.03. The molecule has 0 atom stereocenters. The summed E-state index contributed by atoms with van der Waals surface area (Å²) in [6, 6.07) is 16.8. The number of amides is 1. The van der Waals surface area contributed by atoms with Gasteiger partial charge in [-0.1, -0.05) is 42.5 Å². The fourth-order valence-corrected chi connectivity index (χ4v) is 3.28. The number of carbonyl (C=O) groups excluding carboxylic acids is 1. The lowest BCUT2D eigenvalue weighted by Crippen LogP contribution is -2.48. The number of nitrogens with zero attached hydrogens (tertiary/aromatic N) is 4. The van der Waals surface area contributed by atoms with Crippen molar-refractivity contribution < 1.29 is 9.72 Å². The topological polar surface area (TPSA) is 91.1 Å². The maximum atomic E-state index is 12.1. The van der Waals surface area contributed by atoms with E-state index in [1.165, 1.54) is 17.8 Å². The van der Waals surface area contributed by atoms with Crippen molar-refractivity contribution in [3.63, 3.8) is 0 Å². The summed E-state index contributed by atoms with van der Waals surface area (Å²) in [5, 5.41) is 14.9. The molecule has 0 aromatic heterocycles. The molecule has 8 heteroatoms. The third kappa shape index (κ3) is 6.61. The number of hydrogen-bond acceptors (Lipinski definition) is 6. The van der Waals surface area contributed by atoms with E-state index < -0.39 is 4.92 Å². The van der Waals surface area contributed by atoms with E-state index in [1.807, 2.05) is 18.2 Å². The number of nitro groups is 1. The first-order chi connectivity index (χ1) is 14.6. The number of nitro benzene ring substituents is 1. The molecule has 30 heavy (non-hydrogen) atoms. The van der Waals surface area contributed by atoms with Crippen LogP contribution in [0.2, 0.25) is 0 Å². The lowest BCUT2D eigenvalue weighted by atomic mass is 10.2. The van der Waals surface area contributed by atoms with Gasteiger partial charge in [-0.05, 0) is 23.8 Å². The van der Waals surface area contributed by atoms with E-state index in [9.17, 15) is 14.9 Å². The van der Waals surface area contributed by atoms with Gasteiger partial charge < -0.3 is 0 Å². The molecule has 0 unspecified atom stereocenters. The van der Waals surface area contributed by atoms with Crippen LogP contribution in [0.3, 0.4) is 0 Å². The molecule has 1 aliphatic heterocycles. The monoisotopic (exact) mass is 407 g/mol. The molecule has 2 aromatic carbocycles. The highest BCUT2D eigenvalue weighted by Gasteiger charge is 2.18. The van der Waals surface area contributed by atoms with Gasteiger partial charge >= 0.3 is 0 Å². The third-order valence-corrected chi connectivity index (χ3v) is 4.84. The average Bonchev–Trinajstić information content (AvgIpc) is 2.76. The Hall–Kier alpha value is -3.36. The quantitative estimate of drug-likeness (QED) is 0.413. The zero-order valence-corrected chi connectivity index (χ0v) is 16.7. The van der Waals surface area contributed by atoms with Crippen molar-refractivity contribution in [1.29, 1.82) is 0 Å². The van der Waals surface area contributed by atoms with Crippen LogP contribution in [0.5, 0.6) is 0 Å². The molecule has 1 N–H and O–H groups in total. The van der Waals surface area contributed by atoms with Crippen molar-refractivity contribution in [3.8, 4) is 0 Å². The first-order valence-corrected chi connectivity index (χ1v) is 9.82. The molecule has 2 aromatic rings. The Morgan fingerprint density at radius 2 is 1.70 bits per heavy atom. The van der Waals surface area contributed by atoms with Crippen molar-refractivity contribution in [3.05, 3.63) is 81.9 Å². The van der Waals surface area contributed by atoms with Crippen molar-refractivity contribution >= 4 is 23.9 Å². The maximum absolute atomic E-state index is 12.1. The standard InChI is InChI=1S/C22H25N5O3/c28-22(24-23-12-6-10-20-9-4-5-11-21(20)27(29)30)18-26-15-13-25(14-16-26)17-19-7-2-1-3-8-19/h1-12H,13-18H2,(H,24,28)/b10-6-,23-12?. The van der Waals surface area contributed by atoms with Gasteiger partial charge in [-0.3, -0.25) is 24.7 Å². The minimum atomic E-state index is -0.432. The molecule has 0 bridgehead atoms. The van der Waals surface area contributed by atoms with Crippen LogP contribution in [0.15, 0.2) is 65.8 Å². The molecule has 0 spiro atoms. The minimum Gasteiger partial charge on any atom is -0.297 e. The van der Waals surface area contributed by atoms with Crippen LogP contribution in [-0.4, -0.2) is 59.6 Å². The van der Waals surface area contributed by atoms with Crippen LogP contribution < -0.4 is 5.43 Å². The third-order valence-electron chi connectivity index (χ3n) is 4.84. The molecule has 1 saturated heterocycles. The number of carbonyl (C=O) groups is 1. The van der Waals surface area contributed by atoms with E-state index in [2.05, 4.69) is 32.5 Å². The molecule has 3 rings (SSSR count). The average molecular weight is 407 g/mol. The molecule has 1 heterocycles. The molecular weight excluding hydrogens is 382 g/mol. The Bertz CT molecular complexity index is 906. The molecular formula is C22H25N5O3. The number of hydrazone groups is 1. The van der Waals surface area contributed by atoms with Gasteiger partial charge in [0.25, 0.3) is 11.6 Å². The van der Waals surface area contributed by atoms with E-state index >= 15 is 0 Å². The molecule has 0 radical (unpaired) electrons. The summed E-state index contributed by atoms with van der Waals surface area (Å²) < 4.78 is 0. The van der Waals surface area contributed by atoms with Crippen molar-refractivity contribution in [2.45, 2.75) is 6.54 Å². The van der Waals surface area contributed by atoms with Crippen LogP contribution >= 0.6 is 0 Å². The predicted molar refractivity (Wildman–Crippen MR) is 117 cm³/mol. The van der Waals surface area contributed by atoms with E-state index in [4.69, 9.17) is 0 Å². The molecule has 0 saturated carbocycles. The van der Waals surface area contributed by atoms with Crippen LogP contribution in [0.1, 0.15) is 11.1 Å². The number of allylic oxidation sites excluding steroid dienone is 1. The van der Waals surface area contributed by atoms with Gasteiger partial charge in [-0.15, -0.1) is 0 Å². The highest BCUT2D eigenvalue weighted by atomic mass is 16.6. The first kappa shape index (κ1) is 21.4. The molecule has 8 nitrogen and oxygen atoms in total. The van der Waals surface area contributed by atoms with Gasteiger partial charge in [0, 0.05) is 45.0 Å². The predicted octanol–water partition coefficient (Wildman–Crippen LogP) is 2.53. The summed E-state index contributed by atoms with van der Waals surface area (Å²) in [6.45, 7) is 4.73. The van der Waals surface area contributed by atoms with Crippen LogP contribution in [0.25, 0.3) is 6.08 Å². The van der Waals surface area contributed by atoms with Crippen molar-refractivity contribution in [2.75, 3.05) is 32.7 Å². The van der Waals surface area contributed by atoms with Gasteiger partial charge in [0.05, 0.1) is 17.0 Å². The number of benzene rings is 2. The zero-order valence-electron chi connectivity index (χ0n) is 16.7. The van der Waals surface area contributed by atoms with E-state index in [0.717, 1.165) is 32.7 Å². The minimum absolute atomic E-state index is 0.0255. The summed E-state index contributed by atoms with van der Waals surface area (Å²) in [5.41, 5.74) is 4.30. The Morgan fingerprint density at radius 1 is 1.03 bits per heavy atom. The zero-order chi connectivity index (χ0) is 21.2. The largest absolute Gasteiger partial charge is 0.297 e. The van der Waals surface area contributed by atoms with Gasteiger partial charge in [0.2, 0.25) is 0 Å². The van der Waals surface area contributed by atoms with Crippen LogP contribution in [0.4, 0.5) is 5.69 Å². The molecule has 1 amide bonds. The highest BCUT2D eigenvalue weighted by Crippen LogP contribution is 2.18. The summed E-state index contributed by atoms with van der Waals surface area (Å²) in [5.74, 6) is -0.179. The Labute approximate surface area is 175 Å². The molecule has 1 aliphatic rings. The van der Waals surface area contributed by atoms with Gasteiger partial charge in [-0.2, -0.15) is 5.10 Å². The van der Waals surface area contributed by atoms with Gasteiger partial charge in [-0.25, -0.2) is 5.43 Å². The normalized spacial score (nSPS) is 15.6. The van der Waals surface area contributed by atoms with Crippen molar-refractivity contribution in [1.82, 2.24) is 15.2 Å². The van der Waals surface area contributed by atoms with Crippen molar-refractivity contribution in [2.24, 2.45) is 5.10 Å². The number of para-hydroxylation sites is 1. The van der Waals surface area contributed by atoms with E-state index in [0.29, 0.717) is 12.1 Å². The fraction of sp³-hybridized carbons (Fsp3) is 0.273. The highest BCUT2D eigenvalue weighted by molar-refractivity contribution is 5.83. The molecule has 0 aliphatic carbocycles. The molecule has 1 fully saturated rings. The lowest BCUT2D eigenvalue weighted by molar-refractivity contribution is -0.385. The summed E-state index contributed by atoms with van der Waals surface area (Å²) in [4.78, 5) is 27.1. The van der Waals surface area contributed by atoms with E-state index in [1.54, 1.807) is 30.4 Å². The smallest absolute Gasteiger partial charge is 0.276 e. The Kier molecular flexibility index (Phi) is 7.82. The van der Waals surface area contributed by atoms with Gasteiger partial charge in [0.1, 0.15) is 0 Å². The Balaban J connectivity index is 1.38. The summed E-state index contributed by atoms with van der Waals surface area (Å²) >= 11 is 0. The molecule has 156 valence electrons. The second kappa shape index (κ2) is 11.0. The number of piperazine rings is 1. The SMILES string of the molecule is O=C(CN1CCN(Cc2ccccc2)CC1)NN=C/C=C\c1ccccc1[N+](=O)[O-]. The summed E-state index contributed by atoms with van der Waals surface area (Å²) in [6.07, 6.45) is 4.55. The number of nitrogens with one attached hydrogen (secondary N) is 1. The number of hydrogen-bond donors (Lipinski definition) is 1. The fourth-order valence-electron chi connectivity index (χ4n) is 3.28. The first-order valence-electron chi connectivity index (χ1n) is 9.82. The van der Waals surface area contributed by atoms with Crippen LogP contribution in [0, 0.1) is 10.1 Å². The van der Waals surface area contributed by atoms with E-state index in [-0.39, 0.29) is 11.6 Å². The number of rotatable bonds is 8.